The number of aliphatic hydroxyl groups excluding tert-OH is 2. The summed E-state index contributed by atoms with van der Waals surface area (Å²) in [5, 5.41) is 32.1. The number of hydrogen-bond acceptors (Lipinski definition) is 9. The highest BCUT2D eigenvalue weighted by Crippen LogP contribution is 2.31. The summed E-state index contributed by atoms with van der Waals surface area (Å²) in [5.41, 5.74) is -0.752. The van der Waals surface area contributed by atoms with Gasteiger partial charge in [0.1, 0.15) is 11.6 Å². The Morgan fingerprint density at radius 3 is 1.60 bits per heavy atom. The molecule has 57 heavy (non-hydrogen) atoms. The van der Waals surface area contributed by atoms with Gasteiger partial charge in [0.25, 0.3) is 11.8 Å². The normalized spacial score (nSPS) is 15.1. The number of amides is 3. The predicted molar refractivity (Wildman–Crippen MR) is 204 cm³/mol. The Labute approximate surface area is 325 Å². The number of anilines is 4. The lowest BCUT2D eigenvalue weighted by atomic mass is 9.86. The Hall–Kier alpha value is -5.75. The van der Waals surface area contributed by atoms with Crippen molar-refractivity contribution in [2.75, 3.05) is 47.5 Å². The van der Waals surface area contributed by atoms with Gasteiger partial charge in [0.15, 0.2) is 0 Å². The van der Waals surface area contributed by atoms with Crippen LogP contribution in [0.4, 0.5) is 49.4 Å². The Kier molecular flexibility index (Phi) is 17.7. The molecule has 18 heteroatoms. The zero-order valence-corrected chi connectivity index (χ0v) is 31.2. The summed E-state index contributed by atoms with van der Waals surface area (Å²) >= 11 is 0. The average Bonchev–Trinajstić information content (AvgIpc) is 3.20. The van der Waals surface area contributed by atoms with Crippen LogP contribution >= 0.6 is 0 Å². The van der Waals surface area contributed by atoms with Crippen molar-refractivity contribution in [3.63, 3.8) is 0 Å². The minimum Gasteiger partial charge on any atom is -0.395 e. The van der Waals surface area contributed by atoms with E-state index in [0.717, 1.165) is 62.1 Å². The van der Waals surface area contributed by atoms with Crippen LogP contribution in [0, 0.1) is 5.92 Å². The van der Waals surface area contributed by atoms with Crippen LogP contribution in [0.2, 0.25) is 0 Å². The van der Waals surface area contributed by atoms with Gasteiger partial charge in [-0.15, -0.1) is 0 Å². The zero-order chi connectivity index (χ0) is 42.0. The standard InChI is InChI=1S/C20H22F3N3O2.C17H17F3N4O3.C2H6/c21-20(22,23)14-7-9-15(10-8-14)26-19(28)16-5-3-11-24-18(16)25-12-13-4-1-2-6-17(13)27;18-17(19,20)11-3-5-12(6-4-11)24-16(27)13-2-1-7-22-15(13)23-10-14(26)21-8-9-25;1-2/h3,5,7-11,13,17,27H,1-2,4,6,12H2,(H,24,25)(H,26,28);1-7,25H,8-10H2,(H,21,26)(H,22,23)(H,24,27);1-2H3/t13?,17-;;/m0../s1. The van der Waals surface area contributed by atoms with Gasteiger partial charge in [0.05, 0.1) is 41.5 Å². The maximum Gasteiger partial charge on any atom is 0.416 e. The van der Waals surface area contributed by atoms with Gasteiger partial charge < -0.3 is 36.8 Å². The number of carbonyl (C=O) groups is 3. The third kappa shape index (κ3) is 14.7. The monoisotopic (exact) mass is 805 g/mol. The number of carbonyl (C=O) groups excluding carboxylic acids is 3. The van der Waals surface area contributed by atoms with Gasteiger partial charge in [0.2, 0.25) is 5.91 Å². The molecule has 5 rings (SSSR count). The smallest absolute Gasteiger partial charge is 0.395 e. The molecule has 0 aliphatic heterocycles. The van der Waals surface area contributed by atoms with Crippen molar-refractivity contribution >= 4 is 40.7 Å². The first kappa shape index (κ1) is 45.6. The number of rotatable bonds is 12. The van der Waals surface area contributed by atoms with Gasteiger partial charge in [-0.2, -0.15) is 26.3 Å². The van der Waals surface area contributed by atoms with Crippen molar-refractivity contribution < 1.29 is 50.9 Å². The molecule has 1 aliphatic carbocycles. The lowest BCUT2D eigenvalue weighted by Gasteiger charge is -2.28. The minimum absolute atomic E-state index is 0.0987. The molecule has 7 N–H and O–H groups in total. The maximum atomic E-state index is 12.6. The van der Waals surface area contributed by atoms with Crippen molar-refractivity contribution in [2.45, 2.75) is 58.0 Å². The molecular weight excluding hydrogens is 760 g/mol. The molecule has 0 saturated heterocycles. The highest BCUT2D eigenvalue weighted by molar-refractivity contribution is 6.08. The number of alkyl halides is 6. The third-order valence-corrected chi connectivity index (χ3v) is 8.30. The lowest BCUT2D eigenvalue weighted by molar-refractivity contribution is -0.138. The van der Waals surface area contributed by atoms with Gasteiger partial charge in [-0.3, -0.25) is 14.4 Å². The van der Waals surface area contributed by atoms with Crippen LogP contribution in [-0.2, 0) is 17.1 Å². The number of aromatic nitrogens is 2. The van der Waals surface area contributed by atoms with E-state index in [1.807, 2.05) is 13.8 Å². The summed E-state index contributed by atoms with van der Waals surface area (Å²) in [4.78, 5) is 44.7. The third-order valence-electron chi connectivity index (χ3n) is 8.30. The van der Waals surface area contributed by atoms with Crippen molar-refractivity contribution in [1.29, 1.82) is 0 Å². The number of pyridine rings is 2. The maximum absolute atomic E-state index is 12.6. The highest BCUT2D eigenvalue weighted by atomic mass is 19.4. The van der Waals surface area contributed by atoms with E-state index in [0.29, 0.717) is 12.4 Å². The number of nitrogens with zero attached hydrogens (tertiary/aromatic N) is 2. The molecule has 2 aromatic carbocycles. The summed E-state index contributed by atoms with van der Waals surface area (Å²) < 4.78 is 75.7. The summed E-state index contributed by atoms with van der Waals surface area (Å²) in [6.07, 6.45) is -2.52. The van der Waals surface area contributed by atoms with Gasteiger partial charge in [-0.25, -0.2) is 9.97 Å². The van der Waals surface area contributed by atoms with Crippen LogP contribution in [-0.4, -0.2) is 70.2 Å². The van der Waals surface area contributed by atoms with E-state index in [-0.39, 0.29) is 60.0 Å². The number of hydrogen-bond donors (Lipinski definition) is 7. The van der Waals surface area contributed by atoms with E-state index in [1.165, 1.54) is 30.5 Å². The van der Waals surface area contributed by atoms with Gasteiger partial charge in [-0.05, 0) is 85.6 Å². The molecule has 308 valence electrons. The van der Waals surface area contributed by atoms with Gasteiger partial charge >= 0.3 is 12.4 Å². The fourth-order valence-electron chi connectivity index (χ4n) is 5.42. The van der Waals surface area contributed by atoms with E-state index in [1.54, 1.807) is 18.3 Å². The molecule has 0 bridgehead atoms. The molecule has 1 unspecified atom stereocenters. The van der Waals surface area contributed by atoms with Crippen LogP contribution in [0.5, 0.6) is 0 Å². The SMILES string of the molecule is CC.O=C(CNc1ncccc1C(=O)Nc1ccc(C(F)(F)F)cc1)NCCO.O=C(Nc1ccc(C(F)(F)F)cc1)c1cccnc1NCC1CCCC[C@@H]1O. The summed E-state index contributed by atoms with van der Waals surface area (Å²) in [6, 6.07) is 14.5. The van der Waals surface area contributed by atoms with Gasteiger partial charge in [-0.1, -0.05) is 26.7 Å². The minimum atomic E-state index is -4.46. The van der Waals surface area contributed by atoms with Crippen LogP contribution in [0.15, 0.2) is 85.2 Å². The predicted octanol–water partition coefficient (Wildman–Crippen LogP) is 7.22. The fraction of sp³-hybridized carbons (Fsp3) is 0.359. The fourth-order valence-corrected chi connectivity index (χ4v) is 5.42. The molecule has 2 atom stereocenters. The van der Waals surface area contributed by atoms with Crippen LogP contribution in [0.25, 0.3) is 0 Å². The molecule has 2 heterocycles. The second kappa shape index (κ2) is 22.1. The van der Waals surface area contributed by atoms with Crippen LogP contribution in [0.3, 0.4) is 0 Å². The number of benzene rings is 2. The molecule has 1 aliphatic rings. The first-order chi connectivity index (χ1) is 27.2. The Balaban J connectivity index is 0.000000293. The summed E-state index contributed by atoms with van der Waals surface area (Å²) in [6.45, 7) is 4.23. The molecule has 0 radical (unpaired) electrons. The lowest BCUT2D eigenvalue weighted by Crippen LogP contribution is -2.32. The Morgan fingerprint density at radius 1 is 0.702 bits per heavy atom. The van der Waals surface area contributed by atoms with Crippen molar-refractivity contribution in [1.82, 2.24) is 15.3 Å². The largest absolute Gasteiger partial charge is 0.416 e. The quantitative estimate of drug-likeness (QED) is 0.0729. The summed E-state index contributed by atoms with van der Waals surface area (Å²) in [5.74, 6) is -0.850. The van der Waals surface area contributed by atoms with E-state index in [9.17, 15) is 45.8 Å². The highest BCUT2D eigenvalue weighted by Gasteiger charge is 2.31. The molecular formula is C39H45F6N7O5. The average molecular weight is 806 g/mol. The molecule has 1 saturated carbocycles. The van der Waals surface area contributed by atoms with Gasteiger partial charge in [0, 0.05) is 42.8 Å². The van der Waals surface area contributed by atoms with E-state index in [4.69, 9.17) is 5.11 Å². The second-order valence-electron chi connectivity index (χ2n) is 12.3. The molecule has 12 nitrogen and oxygen atoms in total. The molecule has 2 aromatic heterocycles. The second-order valence-corrected chi connectivity index (χ2v) is 12.3. The Morgan fingerprint density at radius 2 is 1.16 bits per heavy atom. The molecule has 3 amide bonds. The topological polar surface area (TPSA) is 178 Å². The molecule has 0 spiro atoms. The first-order valence-corrected chi connectivity index (χ1v) is 18.1. The summed E-state index contributed by atoms with van der Waals surface area (Å²) in [7, 11) is 0. The van der Waals surface area contributed by atoms with Crippen molar-refractivity contribution in [2.24, 2.45) is 5.92 Å². The molecule has 1 fully saturated rings. The van der Waals surface area contributed by atoms with Crippen molar-refractivity contribution in [3.05, 3.63) is 107 Å². The number of halogens is 6. The zero-order valence-electron chi connectivity index (χ0n) is 31.2. The van der Waals surface area contributed by atoms with Crippen LogP contribution in [0.1, 0.15) is 71.4 Å². The first-order valence-electron chi connectivity index (χ1n) is 18.1. The molecule has 4 aromatic rings. The van der Waals surface area contributed by atoms with E-state index in [2.05, 4.69) is 36.6 Å². The van der Waals surface area contributed by atoms with Crippen LogP contribution < -0.4 is 26.6 Å². The number of aliphatic hydroxyl groups is 2. The van der Waals surface area contributed by atoms with Crippen molar-refractivity contribution in [3.8, 4) is 0 Å². The van der Waals surface area contributed by atoms with E-state index >= 15 is 0 Å². The Bertz CT molecular complexity index is 1880. The van der Waals surface area contributed by atoms with E-state index < -0.39 is 41.2 Å². The number of nitrogens with one attached hydrogen (secondary N) is 5.